The Morgan fingerprint density at radius 3 is 2.50 bits per heavy atom. The van der Waals surface area contributed by atoms with E-state index >= 15 is 0 Å². The van der Waals surface area contributed by atoms with Gasteiger partial charge in [-0.2, -0.15) is 0 Å². The predicted octanol–water partition coefficient (Wildman–Crippen LogP) is 0.266. The molecule has 0 bridgehead atoms. The Hall–Kier alpha value is -0.570. The van der Waals surface area contributed by atoms with Crippen LogP contribution in [0.2, 0.25) is 0 Å². The molecule has 8 heavy (non-hydrogen) atoms. The molecule has 3 heteroatoms. The van der Waals surface area contributed by atoms with Gasteiger partial charge in [-0.3, -0.25) is 0 Å². The van der Waals surface area contributed by atoms with Gasteiger partial charge in [-0.15, -0.1) is 0 Å². The number of thiocarbonyl (C=S) groups is 1. The molecule has 2 nitrogen and oxygen atoms in total. The average molecular weight is 130 g/mol. The molecule has 0 radical (unpaired) electrons. The molecule has 0 aliphatic rings. The molecule has 0 aromatic rings. The highest BCUT2D eigenvalue weighted by Gasteiger charge is 1.76. The van der Waals surface area contributed by atoms with Crippen LogP contribution in [0.15, 0.2) is 12.3 Å². The molecule has 0 saturated carbocycles. The maximum atomic E-state index is 4.78. The third-order valence-electron chi connectivity index (χ3n) is 0.648. The number of hydrogen-bond donors (Lipinski definition) is 2. The standard InChI is InChI=1S/C5H10N2S/c1-6-4-3-5(8)7-2/h3-4,6H,1-2H3,(H,7,8)/b4-3+. The highest BCUT2D eigenvalue weighted by molar-refractivity contribution is 7.80. The third kappa shape index (κ3) is 3.61. The zero-order valence-corrected chi connectivity index (χ0v) is 5.88. The van der Waals surface area contributed by atoms with Gasteiger partial charge in [0.15, 0.2) is 0 Å². The molecular weight excluding hydrogens is 120 g/mol. The van der Waals surface area contributed by atoms with Gasteiger partial charge < -0.3 is 10.6 Å². The van der Waals surface area contributed by atoms with Crippen molar-refractivity contribution < 1.29 is 0 Å². The van der Waals surface area contributed by atoms with Gasteiger partial charge in [0.05, 0.1) is 4.99 Å². The Morgan fingerprint density at radius 2 is 2.12 bits per heavy atom. The highest BCUT2D eigenvalue weighted by Crippen LogP contribution is 1.70. The van der Waals surface area contributed by atoms with Crippen LogP contribution in [0.25, 0.3) is 0 Å². The molecule has 0 aliphatic heterocycles. The van der Waals surface area contributed by atoms with Crippen molar-refractivity contribution >= 4 is 17.2 Å². The van der Waals surface area contributed by atoms with E-state index in [0.717, 1.165) is 4.99 Å². The smallest absolute Gasteiger partial charge is 0.0999 e. The molecule has 46 valence electrons. The van der Waals surface area contributed by atoms with Crippen molar-refractivity contribution in [1.82, 2.24) is 10.6 Å². The summed E-state index contributed by atoms with van der Waals surface area (Å²) in [6.07, 6.45) is 3.56. The normalized spacial score (nSPS) is 9.25. The van der Waals surface area contributed by atoms with Crippen molar-refractivity contribution in [3.8, 4) is 0 Å². The largest absolute Gasteiger partial charge is 0.394 e. The quantitative estimate of drug-likeness (QED) is 0.414. The van der Waals surface area contributed by atoms with Gasteiger partial charge in [-0.1, -0.05) is 12.2 Å². The fraction of sp³-hybridized carbons (Fsp3) is 0.400. The van der Waals surface area contributed by atoms with E-state index in [1.165, 1.54) is 0 Å². The van der Waals surface area contributed by atoms with E-state index in [9.17, 15) is 0 Å². The third-order valence-corrected chi connectivity index (χ3v) is 0.988. The minimum absolute atomic E-state index is 0.736. The Bertz CT molecular complexity index is 98.6. The van der Waals surface area contributed by atoms with E-state index in [1.807, 2.05) is 7.05 Å². The molecule has 0 aromatic carbocycles. The summed E-state index contributed by atoms with van der Waals surface area (Å²) < 4.78 is 0. The topological polar surface area (TPSA) is 24.1 Å². The molecule has 0 saturated heterocycles. The summed E-state index contributed by atoms with van der Waals surface area (Å²) in [5.41, 5.74) is 0. The lowest BCUT2D eigenvalue weighted by Gasteiger charge is -1.91. The Morgan fingerprint density at radius 1 is 1.50 bits per heavy atom. The second kappa shape index (κ2) is 4.59. The van der Waals surface area contributed by atoms with Gasteiger partial charge in [0, 0.05) is 14.1 Å². The lowest BCUT2D eigenvalue weighted by molar-refractivity contribution is 1.10. The fourth-order valence-corrected chi connectivity index (χ4v) is 0.310. The lowest BCUT2D eigenvalue weighted by Crippen LogP contribution is -2.12. The van der Waals surface area contributed by atoms with Crippen LogP contribution in [-0.4, -0.2) is 19.1 Å². The molecular formula is C5H10N2S. The van der Waals surface area contributed by atoms with Crippen molar-refractivity contribution in [2.24, 2.45) is 0 Å². The Kier molecular flexibility index (Phi) is 4.26. The number of likely N-dealkylation sites (N-methyl/N-ethyl adjacent to an activating group) is 1. The summed E-state index contributed by atoms with van der Waals surface area (Å²) in [5.74, 6) is 0. The molecule has 2 N–H and O–H groups in total. The summed E-state index contributed by atoms with van der Waals surface area (Å²) in [7, 11) is 3.62. The first-order valence-electron chi connectivity index (χ1n) is 2.36. The summed E-state index contributed by atoms with van der Waals surface area (Å²) in [6, 6.07) is 0. The van der Waals surface area contributed by atoms with Gasteiger partial charge >= 0.3 is 0 Å². The fourth-order valence-electron chi connectivity index (χ4n) is 0.242. The highest BCUT2D eigenvalue weighted by atomic mass is 32.1. The molecule has 0 spiro atoms. The maximum Gasteiger partial charge on any atom is 0.0999 e. The first-order chi connectivity index (χ1) is 3.81. The van der Waals surface area contributed by atoms with Crippen LogP contribution in [0, 0.1) is 0 Å². The first-order valence-corrected chi connectivity index (χ1v) is 2.77. The molecule has 0 amide bonds. The molecule has 0 heterocycles. The van der Waals surface area contributed by atoms with Crippen LogP contribution in [0.4, 0.5) is 0 Å². The van der Waals surface area contributed by atoms with Crippen LogP contribution in [0.1, 0.15) is 0 Å². The first kappa shape index (κ1) is 7.43. The monoisotopic (exact) mass is 130 g/mol. The van der Waals surface area contributed by atoms with Gasteiger partial charge in [0.2, 0.25) is 0 Å². The molecule has 0 unspecified atom stereocenters. The summed E-state index contributed by atoms with van der Waals surface area (Å²) in [5, 5.41) is 5.63. The summed E-state index contributed by atoms with van der Waals surface area (Å²) in [4.78, 5) is 0.736. The second-order valence-electron chi connectivity index (χ2n) is 1.24. The van der Waals surface area contributed by atoms with E-state index in [-0.39, 0.29) is 0 Å². The minimum atomic E-state index is 0.736. The van der Waals surface area contributed by atoms with Crippen LogP contribution < -0.4 is 10.6 Å². The van der Waals surface area contributed by atoms with E-state index in [4.69, 9.17) is 12.2 Å². The molecule has 0 rings (SSSR count). The van der Waals surface area contributed by atoms with Gasteiger partial charge in [0.1, 0.15) is 0 Å². The van der Waals surface area contributed by atoms with Gasteiger partial charge in [-0.05, 0) is 12.3 Å². The molecule has 0 aromatic heterocycles. The Labute approximate surface area is 55.0 Å². The van der Waals surface area contributed by atoms with Crippen LogP contribution in [0.3, 0.4) is 0 Å². The number of nitrogens with one attached hydrogen (secondary N) is 2. The van der Waals surface area contributed by atoms with Crippen molar-refractivity contribution in [3.05, 3.63) is 12.3 Å². The van der Waals surface area contributed by atoms with Gasteiger partial charge in [-0.25, -0.2) is 0 Å². The zero-order chi connectivity index (χ0) is 6.41. The number of rotatable bonds is 2. The van der Waals surface area contributed by atoms with Crippen LogP contribution >= 0.6 is 12.2 Å². The molecule has 0 atom stereocenters. The second-order valence-corrected chi connectivity index (χ2v) is 1.68. The van der Waals surface area contributed by atoms with E-state index in [1.54, 1.807) is 19.3 Å². The maximum absolute atomic E-state index is 4.78. The van der Waals surface area contributed by atoms with E-state index in [0.29, 0.717) is 0 Å². The van der Waals surface area contributed by atoms with E-state index in [2.05, 4.69) is 10.6 Å². The van der Waals surface area contributed by atoms with Crippen LogP contribution in [0.5, 0.6) is 0 Å². The zero-order valence-electron chi connectivity index (χ0n) is 5.06. The van der Waals surface area contributed by atoms with Gasteiger partial charge in [0.25, 0.3) is 0 Å². The van der Waals surface area contributed by atoms with Crippen LogP contribution in [-0.2, 0) is 0 Å². The molecule has 0 aliphatic carbocycles. The van der Waals surface area contributed by atoms with Crippen molar-refractivity contribution in [1.29, 1.82) is 0 Å². The lowest BCUT2D eigenvalue weighted by atomic mass is 10.6. The van der Waals surface area contributed by atoms with E-state index < -0.39 is 0 Å². The summed E-state index contributed by atoms with van der Waals surface area (Å²) in [6.45, 7) is 0. The Balaban J connectivity index is 3.37. The SMILES string of the molecule is CN/C=C/C(=S)NC. The summed E-state index contributed by atoms with van der Waals surface area (Å²) >= 11 is 4.78. The van der Waals surface area contributed by atoms with Crippen molar-refractivity contribution in [3.63, 3.8) is 0 Å². The van der Waals surface area contributed by atoms with Crippen molar-refractivity contribution in [2.45, 2.75) is 0 Å². The molecule has 0 fully saturated rings. The average Bonchev–Trinajstić information content (AvgIpc) is 1.83. The number of hydrogen-bond acceptors (Lipinski definition) is 2. The van der Waals surface area contributed by atoms with Crippen molar-refractivity contribution in [2.75, 3.05) is 14.1 Å². The minimum Gasteiger partial charge on any atom is -0.394 e. The predicted molar refractivity (Wildman–Crippen MR) is 39.9 cm³/mol.